The highest BCUT2D eigenvalue weighted by molar-refractivity contribution is 6.31. The minimum absolute atomic E-state index is 0.217. The molecule has 3 rings (SSSR count). The summed E-state index contributed by atoms with van der Waals surface area (Å²) < 4.78 is 12.9. The van der Waals surface area contributed by atoms with Gasteiger partial charge in [0.1, 0.15) is 5.82 Å². The molecule has 24 heavy (non-hydrogen) atoms. The van der Waals surface area contributed by atoms with Crippen LogP contribution in [0.3, 0.4) is 0 Å². The Balaban J connectivity index is 1.77. The molecule has 0 saturated carbocycles. The smallest absolute Gasteiger partial charge is 0.251 e. The zero-order chi connectivity index (χ0) is 17.3. The normalized spacial score (nSPS) is 11.7. The molecule has 0 bridgehead atoms. The fraction of sp³-hybridized carbons (Fsp3) is 0.211. The maximum Gasteiger partial charge on any atom is 0.251 e. The van der Waals surface area contributed by atoms with E-state index in [2.05, 4.69) is 24.1 Å². The Kier molecular flexibility index (Phi) is 4.33. The molecule has 0 unspecified atom stereocenters. The van der Waals surface area contributed by atoms with Crippen molar-refractivity contribution >= 4 is 28.4 Å². The lowest BCUT2D eigenvalue weighted by atomic mass is 9.84. The van der Waals surface area contributed by atoms with Crippen molar-refractivity contribution in [1.82, 2.24) is 10.3 Å². The van der Waals surface area contributed by atoms with Crippen molar-refractivity contribution in [2.24, 2.45) is 0 Å². The number of halogens is 2. The SMILES string of the molecule is CC(C)(CNC(=O)c1ccc(F)cc1)c1c[nH]c2cc(Cl)ccc12. The molecule has 1 heterocycles. The van der Waals surface area contributed by atoms with E-state index in [1.54, 1.807) is 0 Å². The minimum atomic E-state index is -0.357. The van der Waals surface area contributed by atoms with Crippen molar-refractivity contribution in [3.8, 4) is 0 Å². The lowest BCUT2D eigenvalue weighted by Crippen LogP contribution is -2.36. The molecule has 0 aliphatic rings. The fourth-order valence-corrected chi connectivity index (χ4v) is 2.93. The first-order chi connectivity index (χ1) is 11.4. The molecule has 0 radical (unpaired) electrons. The number of nitrogens with one attached hydrogen (secondary N) is 2. The zero-order valence-electron chi connectivity index (χ0n) is 13.5. The van der Waals surface area contributed by atoms with Crippen LogP contribution in [0, 0.1) is 5.82 Å². The van der Waals surface area contributed by atoms with E-state index >= 15 is 0 Å². The number of hydrogen-bond donors (Lipinski definition) is 2. The van der Waals surface area contributed by atoms with Crippen LogP contribution in [0.1, 0.15) is 29.8 Å². The summed E-state index contributed by atoms with van der Waals surface area (Å²) in [6.07, 6.45) is 1.95. The monoisotopic (exact) mass is 344 g/mol. The summed E-state index contributed by atoms with van der Waals surface area (Å²) in [5.74, 6) is -0.574. The topological polar surface area (TPSA) is 44.9 Å². The van der Waals surface area contributed by atoms with E-state index in [-0.39, 0.29) is 17.1 Å². The van der Waals surface area contributed by atoms with E-state index < -0.39 is 0 Å². The Labute approximate surface area is 144 Å². The van der Waals surface area contributed by atoms with E-state index in [9.17, 15) is 9.18 Å². The number of benzene rings is 2. The average Bonchev–Trinajstić information content (AvgIpc) is 2.97. The van der Waals surface area contributed by atoms with E-state index in [4.69, 9.17) is 11.6 Å². The van der Waals surface area contributed by atoms with Gasteiger partial charge >= 0.3 is 0 Å². The van der Waals surface area contributed by atoms with Crippen molar-refractivity contribution in [3.05, 3.63) is 70.6 Å². The van der Waals surface area contributed by atoms with Gasteiger partial charge in [-0.25, -0.2) is 4.39 Å². The van der Waals surface area contributed by atoms with Crippen molar-refractivity contribution in [2.45, 2.75) is 19.3 Å². The van der Waals surface area contributed by atoms with Crippen molar-refractivity contribution in [1.29, 1.82) is 0 Å². The maximum atomic E-state index is 12.9. The molecule has 124 valence electrons. The molecular formula is C19H18ClFN2O. The van der Waals surface area contributed by atoms with Gasteiger partial charge in [0.2, 0.25) is 0 Å². The van der Waals surface area contributed by atoms with Gasteiger partial charge in [0, 0.05) is 39.6 Å². The number of aromatic amines is 1. The van der Waals surface area contributed by atoms with Gasteiger partial charge in [0.25, 0.3) is 5.91 Å². The molecular weight excluding hydrogens is 327 g/mol. The molecule has 0 spiro atoms. The van der Waals surface area contributed by atoms with Crippen LogP contribution in [0.5, 0.6) is 0 Å². The molecule has 0 fully saturated rings. The molecule has 0 aliphatic carbocycles. The predicted molar refractivity (Wildman–Crippen MR) is 95.1 cm³/mol. The molecule has 0 saturated heterocycles. The van der Waals surface area contributed by atoms with Crippen LogP contribution in [0.25, 0.3) is 10.9 Å². The highest BCUT2D eigenvalue weighted by Gasteiger charge is 2.25. The van der Waals surface area contributed by atoms with Gasteiger partial charge in [-0.15, -0.1) is 0 Å². The Morgan fingerprint density at radius 2 is 1.92 bits per heavy atom. The third-order valence-corrected chi connectivity index (χ3v) is 4.41. The summed E-state index contributed by atoms with van der Waals surface area (Å²) in [6.45, 7) is 4.59. The lowest BCUT2D eigenvalue weighted by molar-refractivity contribution is 0.0945. The number of aromatic nitrogens is 1. The van der Waals surface area contributed by atoms with Gasteiger partial charge in [0.05, 0.1) is 0 Å². The molecule has 3 aromatic rings. The number of fused-ring (bicyclic) bond motifs is 1. The van der Waals surface area contributed by atoms with Crippen LogP contribution < -0.4 is 5.32 Å². The summed E-state index contributed by atoms with van der Waals surface area (Å²) >= 11 is 6.02. The number of H-pyrrole nitrogens is 1. The second-order valence-corrected chi connectivity index (χ2v) is 6.90. The van der Waals surface area contributed by atoms with Crippen LogP contribution in [-0.2, 0) is 5.41 Å². The fourth-order valence-electron chi connectivity index (χ4n) is 2.76. The lowest BCUT2D eigenvalue weighted by Gasteiger charge is -2.25. The molecule has 0 atom stereocenters. The first-order valence-electron chi connectivity index (χ1n) is 7.68. The first kappa shape index (κ1) is 16.5. The molecule has 1 amide bonds. The molecule has 2 N–H and O–H groups in total. The van der Waals surface area contributed by atoms with E-state index in [0.717, 1.165) is 16.5 Å². The summed E-state index contributed by atoms with van der Waals surface area (Å²) in [5.41, 5.74) is 2.24. The van der Waals surface area contributed by atoms with Crippen LogP contribution >= 0.6 is 11.6 Å². The van der Waals surface area contributed by atoms with E-state index in [1.807, 2.05) is 24.4 Å². The molecule has 5 heteroatoms. The number of hydrogen-bond acceptors (Lipinski definition) is 1. The Morgan fingerprint density at radius 3 is 2.62 bits per heavy atom. The van der Waals surface area contributed by atoms with Gasteiger partial charge in [-0.05, 0) is 42.0 Å². The Morgan fingerprint density at radius 1 is 1.21 bits per heavy atom. The van der Waals surface area contributed by atoms with Crippen LogP contribution in [0.4, 0.5) is 4.39 Å². The number of amides is 1. The average molecular weight is 345 g/mol. The minimum Gasteiger partial charge on any atom is -0.361 e. The predicted octanol–water partition coefficient (Wildman–Crippen LogP) is 4.67. The van der Waals surface area contributed by atoms with Crippen LogP contribution in [0.2, 0.25) is 5.02 Å². The Hall–Kier alpha value is -2.33. The van der Waals surface area contributed by atoms with Crippen molar-refractivity contribution < 1.29 is 9.18 Å². The second-order valence-electron chi connectivity index (χ2n) is 6.47. The third-order valence-electron chi connectivity index (χ3n) is 4.17. The maximum absolute atomic E-state index is 12.9. The zero-order valence-corrected chi connectivity index (χ0v) is 14.2. The van der Waals surface area contributed by atoms with Gasteiger partial charge in [-0.1, -0.05) is 31.5 Å². The van der Waals surface area contributed by atoms with Crippen molar-refractivity contribution in [3.63, 3.8) is 0 Å². The standard InChI is InChI=1S/C19H18ClFN2O/c1-19(2,11-23-18(24)12-3-6-14(21)7-4-12)16-10-22-17-9-13(20)5-8-15(16)17/h3-10,22H,11H2,1-2H3,(H,23,24). The van der Waals surface area contributed by atoms with Crippen LogP contribution in [-0.4, -0.2) is 17.4 Å². The molecule has 3 nitrogen and oxygen atoms in total. The number of rotatable bonds is 4. The van der Waals surface area contributed by atoms with Gasteiger partial charge in [0.15, 0.2) is 0 Å². The third kappa shape index (κ3) is 3.29. The van der Waals surface area contributed by atoms with E-state index in [1.165, 1.54) is 24.3 Å². The summed E-state index contributed by atoms with van der Waals surface area (Å²) in [5, 5.41) is 4.68. The molecule has 0 aliphatic heterocycles. The largest absolute Gasteiger partial charge is 0.361 e. The van der Waals surface area contributed by atoms with E-state index in [0.29, 0.717) is 17.1 Å². The van der Waals surface area contributed by atoms with Gasteiger partial charge in [-0.2, -0.15) is 0 Å². The Bertz CT molecular complexity index is 884. The summed E-state index contributed by atoms with van der Waals surface area (Å²) in [7, 11) is 0. The van der Waals surface area contributed by atoms with Crippen LogP contribution in [0.15, 0.2) is 48.7 Å². The summed E-state index contributed by atoms with van der Waals surface area (Å²) in [6, 6.07) is 11.2. The quantitative estimate of drug-likeness (QED) is 0.710. The second kappa shape index (κ2) is 6.29. The van der Waals surface area contributed by atoms with Gasteiger partial charge < -0.3 is 10.3 Å². The number of carbonyl (C=O) groups excluding carboxylic acids is 1. The molecule has 1 aromatic heterocycles. The first-order valence-corrected chi connectivity index (χ1v) is 8.05. The van der Waals surface area contributed by atoms with Crippen molar-refractivity contribution in [2.75, 3.05) is 6.54 Å². The summed E-state index contributed by atoms with van der Waals surface area (Å²) in [4.78, 5) is 15.4. The number of carbonyl (C=O) groups is 1. The highest BCUT2D eigenvalue weighted by atomic mass is 35.5. The molecule has 2 aromatic carbocycles. The highest BCUT2D eigenvalue weighted by Crippen LogP contribution is 2.31. The van der Waals surface area contributed by atoms with Gasteiger partial charge in [-0.3, -0.25) is 4.79 Å².